The lowest BCUT2D eigenvalue weighted by Gasteiger charge is -2.09. The van der Waals surface area contributed by atoms with Crippen LogP contribution >= 0.6 is 0 Å². The Morgan fingerprint density at radius 2 is 1.82 bits per heavy atom. The number of hydrogen-bond acceptors (Lipinski definition) is 6. The van der Waals surface area contributed by atoms with E-state index in [0.29, 0.717) is 34.9 Å². The number of hydrogen-bond donors (Lipinski definition) is 3. The molecular weight excluding hydrogens is 356 g/mol. The van der Waals surface area contributed by atoms with Gasteiger partial charge in [-0.25, -0.2) is 15.0 Å². The van der Waals surface area contributed by atoms with Crippen molar-refractivity contribution in [2.75, 3.05) is 18.5 Å². The van der Waals surface area contributed by atoms with Gasteiger partial charge in [-0.1, -0.05) is 30.3 Å². The van der Waals surface area contributed by atoms with Crippen molar-refractivity contribution in [2.24, 2.45) is 5.73 Å². The van der Waals surface area contributed by atoms with E-state index in [1.165, 1.54) is 0 Å². The fraction of sp³-hybridized carbons (Fsp3) is 0.100. The zero-order valence-electron chi connectivity index (χ0n) is 14.9. The number of fused-ring (bicyclic) bond motifs is 1. The average molecular weight is 374 g/mol. The molecule has 0 bridgehead atoms. The maximum atomic E-state index is 11.3. The van der Waals surface area contributed by atoms with Gasteiger partial charge in [0.2, 0.25) is 5.91 Å². The maximum absolute atomic E-state index is 11.3. The first-order chi connectivity index (χ1) is 13.7. The van der Waals surface area contributed by atoms with E-state index in [2.05, 4.69) is 15.3 Å². The highest BCUT2D eigenvalue weighted by Crippen LogP contribution is 2.26. The molecule has 4 aromatic rings. The smallest absolute Gasteiger partial charge is 0.248 e. The van der Waals surface area contributed by atoms with Gasteiger partial charge in [0.1, 0.15) is 6.33 Å². The number of aliphatic hydroxyl groups excluding tert-OH is 1. The molecule has 4 rings (SSSR count). The molecule has 28 heavy (non-hydrogen) atoms. The van der Waals surface area contributed by atoms with Crippen LogP contribution in [-0.4, -0.2) is 43.7 Å². The van der Waals surface area contributed by atoms with E-state index in [-0.39, 0.29) is 6.61 Å². The van der Waals surface area contributed by atoms with Crippen molar-refractivity contribution in [1.29, 1.82) is 0 Å². The molecule has 140 valence electrons. The van der Waals surface area contributed by atoms with E-state index in [1.54, 1.807) is 30.6 Å². The minimum Gasteiger partial charge on any atom is -0.395 e. The lowest BCUT2D eigenvalue weighted by molar-refractivity contribution is 0.100. The topological polar surface area (TPSA) is 119 Å². The maximum Gasteiger partial charge on any atom is 0.248 e. The number of primary amides is 1. The van der Waals surface area contributed by atoms with Gasteiger partial charge < -0.3 is 16.2 Å². The molecule has 0 spiro atoms. The minimum absolute atomic E-state index is 0.0342. The summed E-state index contributed by atoms with van der Waals surface area (Å²) in [6.07, 6.45) is 1.69. The van der Waals surface area contributed by atoms with Crippen molar-refractivity contribution in [3.8, 4) is 17.1 Å². The second-order valence-electron chi connectivity index (χ2n) is 6.11. The van der Waals surface area contributed by atoms with Crippen LogP contribution in [0.4, 0.5) is 5.82 Å². The fourth-order valence-electron chi connectivity index (χ4n) is 2.89. The van der Waals surface area contributed by atoms with Crippen LogP contribution in [0.25, 0.3) is 28.2 Å². The third kappa shape index (κ3) is 3.28. The Bertz CT molecular complexity index is 1120. The first-order valence-electron chi connectivity index (χ1n) is 8.73. The van der Waals surface area contributed by atoms with E-state index in [4.69, 9.17) is 10.7 Å². The molecular formula is C20H18N6O2. The van der Waals surface area contributed by atoms with Gasteiger partial charge in [0, 0.05) is 23.4 Å². The van der Waals surface area contributed by atoms with Gasteiger partial charge in [-0.05, 0) is 24.3 Å². The minimum atomic E-state index is -0.490. The van der Waals surface area contributed by atoms with Gasteiger partial charge in [0.25, 0.3) is 0 Å². The molecule has 0 fully saturated rings. The zero-order chi connectivity index (χ0) is 19.5. The first kappa shape index (κ1) is 17.6. The molecule has 4 N–H and O–H groups in total. The fourth-order valence-corrected chi connectivity index (χ4v) is 2.89. The molecule has 0 atom stereocenters. The molecule has 2 aromatic heterocycles. The lowest BCUT2D eigenvalue weighted by atomic mass is 10.1. The number of benzene rings is 2. The SMILES string of the molecule is NC(=O)c1ccc(-c2nc(NCCO)c3ncn(-c4ccccc4)c3n2)cc1. The summed E-state index contributed by atoms with van der Waals surface area (Å²) in [4.78, 5) is 25.0. The number of rotatable bonds is 6. The normalized spacial score (nSPS) is 10.9. The van der Waals surface area contributed by atoms with E-state index < -0.39 is 5.91 Å². The van der Waals surface area contributed by atoms with Crippen molar-refractivity contribution in [3.63, 3.8) is 0 Å². The lowest BCUT2D eigenvalue weighted by Crippen LogP contribution is -2.11. The first-order valence-corrected chi connectivity index (χ1v) is 8.73. The largest absolute Gasteiger partial charge is 0.395 e. The predicted molar refractivity (Wildman–Crippen MR) is 106 cm³/mol. The monoisotopic (exact) mass is 374 g/mol. The quantitative estimate of drug-likeness (QED) is 0.475. The Labute approximate surface area is 160 Å². The summed E-state index contributed by atoms with van der Waals surface area (Å²) < 4.78 is 1.88. The molecule has 8 nitrogen and oxygen atoms in total. The molecule has 0 unspecified atom stereocenters. The number of aromatic nitrogens is 4. The summed E-state index contributed by atoms with van der Waals surface area (Å²) >= 11 is 0. The number of nitrogens with one attached hydrogen (secondary N) is 1. The Morgan fingerprint density at radius 3 is 2.50 bits per heavy atom. The van der Waals surface area contributed by atoms with Crippen LogP contribution in [0.15, 0.2) is 60.9 Å². The Balaban J connectivity index is 1.87. The second-order valence-corrected chi connectivity index (χ2v) is 6.11. The molecule has 0 saturated heterocycles. The number of anilines is 1. The third-order valence-corrected chi connectivity index (χ3v) is 4.26. The molecule has 0 aliphatic heterocycles. The van der Waals surface area contributed by atoms with Gasteiger partial charge in [-0.15, -0.1) is 0 Å². The predicted octanol–water partition coefficient (Wildman–Crippen LogP) is 1.99. The number of imidazole rings is 1. The van der Waals surface area contributed by atoms with Crippen LogP contribution < -0.4 is 11.1 Å². The summed E-state index contributed by atoms with van der Waals surface area (Å²) in [5, 5.41) is 12.3. The Morgan fingerprint density at radius 1 is 1.07 bits per heavy atom. The summed E-state index contributed by atoms with van der Waals surface area (Å²) in [6.45, 7) is 0.303. The van der Waals surface area contributed by atoms with Gasteiger partial charge in [-0.3, -0.25) is 9.36 Å². The number of nitrogens with zero attached hydrogens (tertiary/aromatic N) is 4. The van der Waals surface area contributed by atoms with Crippen LogP contribution in [-0.2, 0) is 0 Å². The van der Waals surface area contributed by atoms with Crippen molar-refractivity contribution < 1.29 is 9.90 Å². The number of amides is 1. The van der Waals surface area contributed by atoms with Crippen LogP contribution in [0.1, 0.15) is 10.4 Å². The number of carbonyl (C=O) groups excluding carboxylic acids is 1. The summed E-state index contributed by atoms with van der Waals surface area (Å²) in [7, 11) is 0. The van der Waals surface area contributed by atoms with Crippen molar-refractivity contribution in [2.45, 2.75) is 0 Å². The molecule has 0 saturated carbocycles. The van der Waals surface area contributed by atoms with E-state index in [0.717, 1.165) is 11.3 Å². The van der Waals surface area contributed by atoms with Crippen LogP contribution in [0, 0.1) is 0 Å². The molecule has 2 aromatic carbocycles. The van der Waals surface area contributed by atoms with Crippen molar-refractivity contribution >= 4 is 22.9 Å². The molecule has 0 aliphatic rings. The Hall–Kier alpha value is -3.78. The number of nitrogens with two attached hydrogens (primary N) is 1. The van der Waals surface area contributed by atoms with Gasteiger partial charge >= 0.3 is 0 Å². The Kier molecular flexibility index (Phi) is 4.69. The summed E-state index contributed by atoms with van der Waals surface area (Å²) in [5.41, 5.74) is 8.63. The highest BCUT2D eigenvalue weighted by Gasteiger charge is 2.15. The summed E-state index contributed by atoms with van der Waals surface area (Å²) in [6, 6.07) is 16.5. The molecule has 0 aliphatic carbocycles. The van der Waals surface area contributed by atoms with Gasteiger partial charge in [0.15, 0.2) is 22.8 Å². The highest BCUT2D eigenvalue weighted by atomic mass is 16.3. The van der Waals surface area contributed by atoms with Gasteiger partial charge in [0.05, 0.1) is 6.61 Å². The average Bonchev–Trinajstić information content (AvgIpc) is 3.17. The number of carbonyl (C=O) groups is 1. The van der Waals surface area contributed by atoms with Crippen LogP contribution in [0.2, 0.25) is 0 Å². The van der Waals surface area contributed by atoms with Crippen LogP contribution in [0.3, 0.4) is 0 Å². The summed E-state index contributed by atoms with van der Waals surface area (Å²) in [5.74, 6) is 0.514. The molecule has 2 heterocycles. The second kappa shape index (κ2) is 7.45. The number of para-hydroxylation sites is 1. The van der Waals surface area contributed by atoms with Crippen molar-refractivity contribution in [1.82, 2.24) is 19.5 Å². The molecule has 1 amide bonds. The standard InChI is InChI=1S/C20H18N6O2/c21-17(28)13-6-8-14(9-7-13)18-24-19(22-10-11-27)16-20(25-18)26(12-23-16)15-4-2-1-3-5-15/h1-9,12,27H,10-11H2,(H2,21,28)(H,22,24,25). The van der Waals surface area contributed by atoms with Crippen molar-refractivity contribution in [3.05, 3.63) is 66.5 Å². The molecule has 0 radical (unpaired) electrons. The van der Waals surface area contributed by atoms with E-state index in [1.807, 2.05) is 34.9 Å². The van der Waals surface area contributed by atoms with Gasteiger partial charge in [-0.2, -0.15) is 0 Å². The van der Waals surface area contributed by atoms with E-state index >= 15 is 0 Å². The number of aliphatic hydroxyl groups is 1. The third-order valence-electron chi connectivity index (χ3n) is 4.26. The van der Waals surface area contributed by atoms with E-state index in [9.17, 15) is 9.90 Å². The zero-order valence-corrected chi connectivity index (χ0v) is 14.9. The highest BCUT2D eigenvalue weighted by molar-refractivity contribution is 5.93. The van der Waals surface area contributed by atoms with Crippen LogP contribution in [0.5, 0.6) is 0 Å². The molecule has 8 heteroatoms.